The molecule has 3 saturated heterocycles. The minimum Gasteiger partial charge on any atom is -0.392 e. The van der Waals surface area contributed by atoms with Crippen LogP contribution < -0.4 is 0 Å². The molecule has 0 aliphatic carbocycles. The number of nitrogens with zero attached hydrogens (tertiary/aromatic N) is 4. The lowest BCUT2D eigenvalue weighted by atomic mass is 9.83. The predicted molar refractivity (Wildman–Crippen MR) is 112 cm³/mol. The molecule has 3 fully saturated rings. The molecule has 2 aromatic rings. The molecule has 4 heterocycles. The topological polar surface area (TPSA) is 59.9 Å². The maximum absolute atomic E-state index is 12.7. The van der Waals surface area contributed by atoms with E-state index in [0.717, 1.165) is 51.2 Å². The maximum atomic E-state index is 12.7. The summed E-state index contributed by atoms with van der Waals surface area (Å²) < 4.78 is 0. The fourth-order valence-corrected chi connectivity index (χ4v) is 5.58. The first kappa shape index (κ1) is 19.0. The Labute approximate surface area is 172 Å². The summed E-state index contributed by atoms with van der Waals surface area (Å²) in [6.45, 7) is 8.97. The van der Waals surface area contributed by atoms with E-state index in [1.165, 1.54) is 10.9 Å². The van der Waals surface area contributed by atoms with Crippen molar-refractivity contribution < 1.29 is 9.90 Å². The van der Waals surface area contributed by atoms with Gasteiger partial charge in [0.05, 0.1) is 17.2 Å². The molecule has 1 N–H and O–H groups in total. The lowest BCUT2D eigenvalue weighted by Crippen LogP contribution is -2.78. The highest BCUT2D eigenvalue weighted by molar-refractivity contribution is 5.79. The van der Waals surface area contributed by atoms with E-state index in [2.05, 4.69) is 31.8 Å². The number of piperazine rings is 1. The van der Waals surface area contributed by atoms with Crippen molar-refractivity contribution >= 4 is 16.8 Å². The van der Waals surface area contributed by atoms with Crippen molar-refractivity contribution in [2.75, 3.05) is 32.7 Å². The summed E-state index contributed by atoms with van der Waals surface area (Å²) in [6, 6.07) is 10.7. The van der Waals surface area contributed by atoms with Crippen LogP contribution in [-0.4, -0.2) is 81.1 Å². The Morgan fingerprint density at radius 1 is 1.24 bits per heavy atom. The number of hydrogen-bond acceptors (Lipinski definition) is 5. The van der Waals surface area contributed by atoms with Crippen molar-refractivity contribution in [1.29, 1.82) is 0 Å². The Morgan fingerprint density at radius 2 is 2.03 bits per heavy atom. The molecule has 154 valence electrons. The molecule has 1 aromatic carbocycles. The molecular formula is C23H30N4O2. The van der Waals surface area contributed by atoms with Gasteiger partial charge in [0.1, 0.15) is 0 Å². The summed E-state index contributed by atoms with van der Waals surface area (Å²) in [5.41, 5.74) is 2.23. The second-order valence-electron chi connectivity index (χ2n) is 9.47. The van der Waals surface area contributed by atoms with E-state index in [-0.39, 0.29) is 29.5 Å². The van der Waals surface area contributed by atoms with E-state index in [9.17, 15) is 9.90 Å². The fourth-order valence-electron chi connectivity index (χ4n) is 5.58. The van der Waals surface area contributed by atoms with Crippen LogP contribution in [0, 0.1) is 5.92 Å². The number of hydrogen-bond donors (Lipinski definition) is 1. The summed E-state index contributed by atoms with van der Waals surface area (Å²) in [4.78, 5) is 24.3. The van der Waals surface area contributed by atoms with Crippen molar-refractivity contribution in [3.05, 3.63) is 42.1 Å². The van der Waals surface area contributed by atoms with E-state index in [4.69, 9.17) is 0 Å². The van der Waals surface area contributed by atoms with E-state index in [1.54, 1.807) is 0 Å². The second-order valence-corrected chi connectivity index (χ2v) is 9.47. The first-order valence-corrected chi connectivity index (χ1v) is 10.7. The van der Waals surface area contributed by atoms with Crippen LogP contribution in [0.5, 0.6) is 0 Å². The highest BCUT2D eigenvalue weighted by Crippen LogP contribution is 2.39. The molecular weight excluding hydrogens is 364 g/mol. The summed E-state index contributed by atoms with van der Waals surface area (Å²) >= 11 is 0. The lowest BCUT2D eigenvalue weighted by molar-refractivity contribution is -0.153. The van der Waals surface area contributed by atoms with Crippen LogP contribution in [0.1, 0.15) is 25.8 Å². The molecule has 1 aromatic heterocycles. The van der Waals surface area contributed by atoms with E-state index >= 15 is 0 Å². The van der Waals surface area contributed by atoms with Gasteiger partial charge in [-0.15, -0.1) is 0 Å². The zero-order chi connectivity index (χ0) is 20.2. The quantitative estimate of drug-likeness (QED) is 0.859. The maximum Gasteiger partial charge on any atom is 0.225 e. The molecule has 6 heteroatoms. The number of β-amino-alcohol motifs (C(OH)–C–C–N with tert-alkyl or cyclic N) is 1. The number of aliphatic hydroxyl groups excluding tert-OH is 1. The molecule has 0 bridgehead atoms. The third-order valence-electron chi connectivity index (χ3n) is 6.81. The highest BCUT2D eigenvalue weighted by Gasteiger charge is 2.56. The summed E-state index contributed by atoms with van der Waals surface area (Å²) in [7, 11) is 0. The van der Waals surface area contributed by atoms with Crippen molar-refractivity contribution in [3.63, 3.8) is 0 Å². The molecule has 3 aliphatic rings. The Morgan fingerprint density at radius 3 is 2.83 bits per heavy atom. The molecule has 2 unspecified atom stereocenters. The van der Waals surface area contributed by atoms with Gasteiger partial charge in [-0.05, 0) is 24.1 Å². The first-order valence-electron chi connectivity index (χ1n) is 10.7. The number of rotatable bonds is 3. The Bertz CT molecular complexity index is 924. The summed E-state index contributed by atoms with van der Waals surface area (Å²) in [6.07, 6.45) is 2.48. The number of pyridine rings is 1. The number of amides is 1. The molecule has 0 saturated carbocycles. The van der Waals surface area contributed by atoms with Crippen LogP contribution in [0.3, 0.4) is 0 Å². The lowest BCUT2D eigenvalue weighted by Gasteiger charge is -2.61. The van der Waals surface area contributed by atoms with Gasteiger partial charge in [0.25, 0.3) is 0 Å². The molecule has 1 spiro atoms. The van der Waals surface area contributed by atoms with E-state index in [0.29, 0.717) is 0 Å². The Kier molecular flexibility index (Phi) is 4.61. The van der Waals surface area contributed by atoms with Crippen LogP contribution >= 0.6 is 0 Å². The number of benzene rings is 1. The summed E-state index contributed by atoms with van der Waals surface area (Å²) in [5, 5.41) is 11.5. The van der Waals surface area contributed by atoms with Gasteiger partial charge in [0.2, 0.25) is 5.91 Å². The minimum absolute atomic E-state index is 0.0183. The van der Waals surface area contributed by atoms with Gasteiger partial charge in [-0.25, -0.2) is 0 Å². The average Bonchev–Trinajstić information content (AvgIpc) is 3.06. The third kappa shape index (κ3) is 3.33. The standard InChI is InChI=1S/C23H30N4O2/c1-16(2)22(29)26-11-19-8-20(28)12-27(19)23(15-26)13-25(14-23)10-17-7-18-5-3-4-6-21(18)24-9-17/h3-7,9,16,19-20,28H,8,10-15H2,1-2H3. The number of fused-ring (bicyclic) bond motifs is 3. The van der Waals surface area contributed by atoms with Crippen LogP contribution in [0.25, 0.3) is 10.9 Å². The zero-order valence-electron chi connectivity index (χ0n) is 17.3. The average molecular weight is 395 g/mol. The summed E-state index contributed by atoms with van der Waals surface area (Å²) in [5.74, 6) is 0.257. The molecule has 0 radical (unpaired) electrons. The zero-order valence-corrected chi connectivity index (χ0v) is 17.3. The first-order chi connectivity index (χ1) is 13.9. The normalized spacial score (nSPS) is 26.8. The van der Waals surface area contributed by atoms with E-state index in [1.807, 2.05) is 38.2 Å². The van der Waals surface area contributed by atoms with Crippen LogP contribution in [0.4, 0.5) is 0 Å². The number of aliphatic hydroxyl groups is 1. The van der Waals surface area contributed by atoms with Crippen molar-refractivity contribution in [3.8, 4) is 0 Å². The van der Waals surface area contributed by atoms with Gasteiger partial charge in [-0.2, -0.15) is 0 Å². The van der Waals surface area contributed by atoms with Gasteiger partial charge < -0.3 is 10.0 Å². The minimum atomic E-state index is -0.273. The molecule has 29 heavy (non-hydrogen) atoms. The molecule has 5 rings (SSSR count). The number of carbonyl (C=O) groups excluding carboxylic acids is 1. The smallest absolute Gasteiger partial charge is 0.225 e. The Balaban J connectivity index is 1.31. The van der Waals surface area contributed by atoms with Crippen molar-refractivity contribution in [2.45, 2.75) is 44.5 Å². The third-order valence-corrected chi connectivity index (χ3v) is 6.81. The van der Waals surface area contributed by atoms with Crippen LogP contribution in [-0.2, 0) is 11.3 Å². The van der Waals surface area contributed by atoms with Gasteiger partial charge in [-0.3, -0.25) is 19.6 Å². The number of likely N-dealkylation sites (tertiary alicyclic amines) is 1. The molecule has 3 aliphatic heterocycles. The fraction of sp³-hybridized carbons (Fsp3) is 0.565. The monoisotopic (exact) mass is 394 g/mol. The van der Waals surface area contributed by atoms with Crippen molar-refractivity contribution in [1.82, 2.24) is 19.7 Å². The van der Waals surface area contributed by atoms with Crippen LogP contribution in [0.2, 0.25) is 0 Å². The van der Waals surface area contributed by atoms with Crippen LogP contribution in [0.15, 0.2) is 36.5 Å². The van der Waals surface area contributed by atoms with Gasteiger partial charge >= 0.3 is 0 Å². The van der Waals surface area contributed by atoms with Crippen molar-refractivity contribution in [2.24, 2.45) is 5.92 Å². The second kappa shape index (κ2) is 7.04. The predicted octanol–water partition coefficient (Wildman–Crippen LogP) is 1.72. The number of para-hydroxylation sites is 1. The molecule has 6 nitrogen and oxygen atoms in total. The molecule has 1 amide bonds. The van der Waals surface area contributed by atoms with E-state index < -0.39 is 0 Å². The Hall–Kier alpha value is -2.02. The highest BCUT2D eigenvalue weighted by atomic mass is 16.3. The van der Waals surface area contributed by atoms with Gasteiger partial charge in [-0.1, -0.05) is 32.0 Å². The van der Waals surface area contributed by atoms with Gasteiger partial charge in [0, 0.05) is 62.8 Å². The van der Waals surface area contributed by atoms with Gasteiger partial charge in [0.15, 0.2) is 0 Å². The molecule has 2 atom stereocenters. The number of aromatic nitrogens is 1. The SMILES string of the molecule is CC(C)C(=O)N1CC2CC(O)CN2C2(CN(Cc3cnc4ccccc4c3)C2)C1. The number of carbonyl (C=O) groups is 1. The largest absolute Gasteiger partial charge is 0.392 e.